The Morgan fingerprint density at radius 1 is 1.00 bits per heavy atom. The molecule has 0 aromatic heterocycles. The van der Waals surface area contributed by atoms with Gasteiger partial charge in [0.15, 0.2) is 28.8 Å². The van der Waals surface area contributed by atoms with Crippen LogP contribution in [0.1, 0.15) is 75.3 Å². The predicted molar refractivity (Wildman–Crippen MR) is 148 cm³/mol. The predicted octanol–water partition coefficient (Wildman–Crippen LogP) is 5.67. The summed E-state index contributed by atoms with van der Waals surface area (Å²) in [6.45, 7) is 4.51. The highest BCUT2D eigenvalue weighted by Crippen LogP contribution is 2.48. The van der Waals surface area contributed by atoms with Gasteiger partial charge in [-0.2, -0.15) is 0 Å². The van der Waals surface area contributed by atoms with Crippen LogP contribution < -0.4 is 24.3 Å². The SMILES string of the molecule is CCOc1ccc([C@H]2CC(=O)C3=C(C2)NC(C)=C(C(=O)OC2CCCC2)[C@H]3c2ccc3c(c2)OCO3)cc1OC. The quantitative estimate of drug-likeness (QED) is 0.445. The highest BCUT2D eigenvalue weighted by Gasteiger charge is 2.42. The molecule has 1 N–H and O–H groups in total. The van der Waals surface area contributed by atoms with Gasteiger partial charge in [-0.15, -0.1) is 0 Å². The maximum absolute atomic E-state index is 14.0. The topological polar surface area (TPSA) is 92.3 Å². The van der Waals surface area contributed by atoms with E-state index in [0.717, 1.165) is 42.5 Å². The summed E-state index contributed by atoms with van der Waals surface area (Å²) in [6.07, 6.45) is 4.74. The second kappa shape index (κ2) is 10.9. The monoisotopic (exact) mass is 545 g/mol. The summed E-state index contributed by atoms with van der Waals surface area (Å²) in [5.74, 6) is 1.64. The molecule has 2 aliphatic heterocycles. The van der Waals surface area contributed by atoms with E-state index in [2.05, 4.69) is 5.32 Å². The summed E-state index contributed by atoms with van der Waals surface area (Å²) in [4.78, 5) is 27.7. The molecule has 210 valence electrons. The summed E-state index contributed by atoms with van der Waals surface area (Å²) in [7, 11) is 1.62. The number of carbonyl (C=O) groups is 2. The maximum Gasteiger partial charge on any atom is 0.337 e. The van der Waals surface area contributed by atoms with E-state index in [1.807, 2.05) is 50.2 Å². The minimum Gasteiger partial charge on any atom is -0.493 e. The maximum atomic E-state index is 14.0. The number of fused-ring (bicyclic) bond motifs is 1. The molecule has 8 nitrogen and oxygen atoms in total. The zero-order valence-corrected chi connectivity index (χ0v) is 23.2. The number of benzene rings is 2. The molecule has 0 amide bonds. The zero-order chi connectivity index (χ0) is 27.8. The van der Waals surface area contributed by atoms with E-state index in [1.165, 1.54) is 0 Å². The molecule has 8 heteroatoms. The minimum atomic E-state index is -0.553. The molecular formula is C32H35NO7. The Morgan fingerprint density at radius 2 is 1.77 bits per heavy atom. The molecule has 2 aliphatic carbocycles. The molecule has 4 aliphatic rings. The number of hydrogen-bond acceptors (Lipinski definition) is 8. The van der Waals surface area contributed by atoms with Gasteiger partial charge in [0.25, 0.3) is 0 Å². The van der Waals surface area contributed by atoms with Gasteiger partial charge in [0.2, 0.25) is 6.79 Å². The van der Waals surface area contributed by atoms with Crippen molar-refractivity contribution in [2.45, 2.75) is 70.3 Å². The van der Waals surface area contributed by atoms with Crippen molar-refractivity contribution in [3.05, 3.63) is 70.1 Å². The van der Waals surface area contributed by atoms with Gasteiger partial charge in [0.1, 0.15) is 6.10 Å². The van der Waals surface area contributed by atoms with Crippen molar-refractivity contribution in [2.24, 2.45) is 0 Å². The van der Waals surface area contributed by atoms with E-state index in [0.29, 0.717) is 59.3 Å². The number of esters is 1. The van der Waals surface area contributed by atoms with Crippen LogP contribution in [-0.4, -0.2) is 38.4 Å². The van der Waals surface area contributed by atoms with Gasteiger partial charge in [-0.05, 0) is 87.3 Å². The molecule has 0 spiro atoms. The van der Waals surface area contributed by atoms with Gasteiger partial charge in [0, 0.05) is 29.3 Å². The summed E-state index contributed by atoms with van der Waals surface area (Å²) < 4.78 is 28.4. The average molecular weight is 546 g/mol. The number of methoxy groups -OCH3 is 1. The van der Waals surface area contributed by atoms with Crippen molar-refractivity contribution in [3.63, 3.8) is 0 Å². The fraction of sp³-hybridized carbons (Fsp3) is 0.438. The zero-order valence-electron chi connectivity index (χ0n) is 23.2. The van der Waals surface area contributed by atoms with Crippen LogP contribution in [0.15, 0.2) is 58.9 Å². The first kappa shape index (κ1) is 26.3. The Morgan fingerprint density at radius 3 is 2.55 bits per heavy atom. The molecule has 40 heavy (non-hydrogen) atoms. The standard InChI is InChI=1S/C32H35NO7/c1-4-37-25-11-9-19(15-27(25)36-3)21-13-23-31(24(34)14-21)30(20-10-12-26-28(16-20)39-17-38-26)29(18(2)33-23)32(35)40-22-7-5-6-8-22/h9-12,15-16,21-22,30,33H,4-8,13-14,17H2,1-3H3/t21-,30-/m1/s1. The van der Waals surface area contributed by atoms with Crippen LogP contribution in [0.2, 0.25) is 0 Å². The number of hydrogen-bond donors (Lipinski definition) is 1. The van der Waals surface area contributed by atoms with Crippen molar-refractivity contribution < 1.29 is 33.3 Å². The van der Waals surface area contributed by atoms with E-state index in [1.54, 1.807) is 7.11 Å². The number of allylic oxidation sites excluding steroid dienone is 3. The van der Waals surface area contributed by atoms with E-state index in [9.17, 15) is 9.59 Å². The third-order valence-corrected chi connectivity index (χ3v) is 8.31. The van der Waals surface area contributed by atoms with Crippen LogP contribution in [0.5, 0.6) is 23.0 Å². The second-order valence-corrected chi connectivity index (χ2v) is 10.8. The number of carbonyl (C=O) groups excluding carboxylic acids is 2. The molecule has 2 aromatic carbocycles. The lowest BCUT2D eigenvalue weighted by Gasteiger charge is -2.37. The van der Waals surface area contributed by atoms with Crippen molar-refractivity contribution in [1.82, 2.24) is 5.32 Å². The van der Waals surface area contributed by atoms with Crippen LogP contribution in [0.4, 0.5) is 0 Å². The molecule has 0 unspecified atom stereocenters. The number of Topliss-reactive ketones (excluding diaryl/α,β-unsaturated/α-hetero) is 1. The molecule has 0 radical (unpaired) electrons. The van der Waals surface area contributed by atoms with Gasteiger partial charge in [-0.3, -0.25) is 4.79 Å². The fourth-order valence-corrected chi connectivity index (χ4v) is 6.41. The summed E-state index contributed by atoms with van der Waals surface area (Å²) in [6, 6.07) is 11.5. The Labute approximate surface area is 234 Å². The van der Waals surface area contributed by atoms with Gasteiger partial charge in [0.05, 0.1) is 19.3 Å². The minimum absolute atomic E-state index is 0.00735. The molecular weight excluding hydrogens is 510 g/mol. The lowest BCUT2D eigenvalue weighted by atomic mass is 9.71. The van der Waals surface area contributed by atoms with Crippen LogP contribution >= 0.6 is 0 Å². The molecule has 2 heterocycles. The lowest BCUT2D eigenvalue weighted by molar-refractivity contribution is -0.144. The fourth-order valence-electron chi connectivity index (χ4n) is 6.41. The first-order valence-corrected chi connectivity index (χ1v) is 14.1. The lowest BCUT2D eigenvalue weighted by Crippen LogP contribution is -2.36. The second-order valence-electron chi connectivity index (χ2n) is 10.8. The van der Waals surface area contributed by atoms with Crippen molar-refractivity contribution in [1.29, 1.82) is 0 Å². The van der Waals surface area contributed by atoms with Gasteiger partial charge < -0.3 is 29.0 Å². The highest BCUT2D eigenvalue weighted by atomic mass is 16.7. The molecule has 2 atom stereocenters. The van der Waals surface area contributed by atoms with Crippen LogP contribution in [0.25, 0.3) is 0 Å². The Bertz CT molecular complexity index is 1400. The summed E-state index contributed by atoms with van der Waals surface area (Å²) in [5, 5.41) is 3.44. The van der Waals surface area contributed by atoms with E-state index >= 15 is 0 Å². The highest BCUT2D eigenvalue weighted by molar-refractivity contribution is 6.04. The molecule has 1 fully saturated rings. The Balaban J connectivity index is 1.37. The third-order valence-electron chi connectivity index (χ3n) is 8.31. The average Bonchev–Trinajstić information content (AvgIpc) is 3.64. The van der Waals surface area contributed by atoms with E-state index in [4.69, 9.17) is 23.7 Å². The number of ether oxygens (including phenoxy) is 5. The van der Waals surface area contributed by atoms with E-state index in [-0.39, 0.29) is 30.6 Å². The normalized spacial score (nSPS) is 22.2. The number of rotatable bonds is 7. The van der Waals surface area contributed by atoms with Gasteiger partial charge in [-0.1, -0.05) is 12.1 Å². The van der Waals surface area contributed by atoms with E-state index < -0.39 is 5.92 Å². The van der Waals surface area contributed by atoms with Gasteiger partial charge >= 0.3 is 5.97 Å². The Kier molecular flexibility index (Phi) is 7.17. The Hall–Kier alpha value is -3.94. The van der Waals surface area contributed by atoms with Crippen molar-refractivity contribution in [3.8, 4) is 23.0 Å². The first-order chi connectivity index (χ1) is 19.5. The van der Waals surface area contributed by atoms with Crippen LogP contribution in [0, 0.1) is 0 Å². The molecule has 1 saturated carbocycles. The molecule has 0 saturated heterocycles. The van der Waals surface area contributed by atoms with Crippen molar-refractivity contribution >= 4 is 11.8 Å². The smallest absolute Gasteiger partial charge is 0.337 e. The van der Waals surface area contributed by atoms with Crippen LogP contribution in [0.3, 0.4) is 0 Å². The van der Waals surface area contributed by atoms with Crippen molar-refractivity contribution in [2.75, 3.05) is 20.5 Å². The third kappa shape index (κ3) is 4.80. The van der Waals surface area contributed by atoms with Crippen LogP contribution in [-0.2, 0) is 14.3 Å². The first-order valence-electron chi connectivity index (χ1n) is 14.1. The number of ketones is 1. The van der Waals surface area contributed by atoms with Gasteiger partial charge in [-0.25, -0.2) is 4.79 Å². The summed E-state index contributed by atoms with van der Waals surface area (Å²) >= 11 is 0. The largest absolute Gasteiger partial charge is 0.493 e. The molecule has 2 aromatic rings. The summed E-state index contributed by atoms with van der Waals surface area (Å²) in [5.41, 5.74) is 4.48. The molecule has 0 bridgehead atoms. The number of dihydropyridines is 1. The number of nitrogens with one attached hydrogen (secondary N) is 1. The molecule has 6 rings (SSSR count).